The number of hydrogen-bond acceptors (Lipinski definition) is 3. The van der Waals surface area contributed by atoms with Gasteiger partial charge in [-0.2, -0.15) is 0 Å². The third-order valence-corrected chi connectivity index (χ3v) is 4.62. The van der Waals surface area contributed by atoms with Gasteiger partial charge in [0.25, 0.3) is 0 Å². The number of carbonyl (C=O) groups excluding carboxylic acids is 1. The number of fused-ring (bicyclic) bond motifs is 1. The van der Waals surface area contributed by atoms with Gasteiger partial charge in [0.2, 0.25) is 0 Å². The summed E-state index contributed by atoms with van der Waals surface area (Å²) in [6.45, 7) is 9.10. The maximum atomic E-state index is 12.8. The number of carboxylic acid groups (broad SMARTS) is 1. The van der Waals surface area contributed by atoms with Crippen LogP contribution in [0.5, 0.6) is 0 Å². The van der Waals surface area contributed by atoms with Crippen molar-refractivity contribution >= 4 is 12.0 Å². The minimum absolute atomic E-state index is 0.00168. The monoisotopic (exact) mass is 297 g/mol. The van der Waals surface area contributed by atoms with E-state index in [2.05, 4.69) is 11.8 Å². The normalized spacial score (nSPS) is 26.0. The number of urea groups is 1. The molecule has 21 heavy (non-hydrogen) atoms. The minimum Gasteiger partial charge on any atom is -0.481 e. The summed E-state index contributed by atoms with van der Waals surface area (Å²) < 4.78 is 0. The van der Waals surface area contributed by atoms with E-state index in [9.17, 15) is 9.59 Å². The lowest BCUT2D eigenvalue weighted by Crippen LogP contribution is -2.60. The molecule has 2 aliphatic heterocycles. The quantitative estimate of drug-likeness (QED) is 0.853. The molecule has 0 saturated carbocycles. The Morgan fingerprint density at radius 1 is 1.33 bits per heavy atom. The highest BCUT2D eigenvalue weighted by molar-refractivity contribution is 5.76. The third-order valence-electron chi connectivity index (χ3n) is 4.62. The van der Waals surface area contributed by atoms with E-state index in [0.29, 0.717) is 6.04 Å². The predicted octanol–water partition coefficient (Wildman–Crippen LogP) is 1.46. The van der Waals surface area contributed by atoms with E-state index in [0.717, 1.165) is 26.1 Å². The van der Waals surface area contributed by atoms with E-state index in [1.165, 1.54) is 6.42 Å². The Morgan fingerprint density at radius 2 is 2.05 bits per heavy atom. The van der Waals surface area contributed by atoms with E-state index in [1.807, 2.05) is 18.7 Å². The highest BCUT2D eigenvalue weighted by atomic mass is 16.4. The van der Waals surface area contributed by atoms with Crippen molar-refractivity contribution in [1.82, 2.24) is 14.7 Å². The van der Waals surface area contributed by atoms with Crippen LogP contribution in [0.1, 0.15) is 40.0 Å². The zero-order valence-corrected chi connectivity index (χ0v) is 13.3. The average Bonchev–Trinajstić information content (AvgIpc) is 2.83. The number of carbonyl (C=O) groups is 2. The molecule has 2 rings (SSSR count). The first kappa shape index (κ1) is 16.1. The zero-order chi connectivity index (χ0) is 15.6. The molecule has 0 bridgehead atoms. The molecular formula is C15H27N3O3. The molecule has 2 fully saturated rings. The number of carboxylic acids is 1. The Bertz CT molecular complexity index is 400. The molecule has 0 radical (unpaired) electrons. The number of amides is 2. The van der Waals surface area contributed by atoms with Crippen LogP contribution in [0.2, 0.25) is 0 Å². The number of nitrogens with zero attached hydrogens (tertiary/aromatic N) is 3. The molecule has 6 heteroatoms. The standard InChI is InChI=1S/C15H27N3O3/c1-11(2)17(8-6-14(19)20)15(21)18-10-13-5-4-7-16(13)9-12(18)3/h11-13H,4-10H2,1-3H3,(H,19,20). The Labute approximate surface area is 126 Å². The number of hydrogen-bond donors (Lipinski definition) is 1. The van der Waals surface area contributed by atoms with Gasteiger partial charge in [-0.25, -0.2) is 4.79 Å². The fraction of sp³-hybridized carbons (Fsp3) is 0.867. The fourth-order valence-electron chi connectivity index (χ4n) is 3.41. The molecule has 1 N–H and O–H groups in total. The van der Waals surface area contributed by atoms with Crippen molar-refractivity contribution in [2.75, 3.05) is 26.2 Å². The lowest BCUT2D eigenvalue weighted by Gasteiger charge is -2.44. The van der Waals surface area contributed by atoms with Crippen LogP contribution in [0.15, 0.2) is 0 Å². The lowest BCUT2D eigenvalue weighted by molar-refractivity contribution is -0.137. The second-order valence-electron chi connectivity index (χ2n) is 6.51. The number of rotatable bonds is 4. The van der Waals surface area contributed by atoms with Crippen molar-refractivity contribution in [3.05, 3.63) is 0 Å². The van der Waals surface area contributed by atoms with Gasteiger partial charge in [-0.3, -0.25) is 9.69 Å². The van der Waals surface area contributed by atoms with Crippen LogP contribution in [0.3, 0.4) is 0 Å². The van der Waals surface area contributed by atoms with Crippen molar-refractivity contribution in [1.29, 1.82) is 0 Å². The van der Waals surface area contributed by atoms with Gasteiger partial charge in [-0.15, -0.1) is 0 Å². The second-order valence-corrected chi connectivity index (χ2v) is 6.51. The maximum absolute atomic E-state index is 12.8. The van der Waals surface area contributed by atoms with Crippen LogP contribution < -0.4 is 0 Å². The summed E-state index contributed by atoms with van der Waals surface area (Å²) in [4.78, 5) is 29.7. The van der Waals surface area contributed by atoms with Crippen LogP contribution >= 0.6 is 0 Å². The van der Waals surface area contributed by atoms with E-state index in [1.54, 1.807) is 4.90 Å². The molecule has 0 aromatic carbocycles. The SMILES string of the molecule is CC(C)N(CCC(=O)O)C(=O)N1CC2CCCN2CC1C. The molecule has 0 aromatic rings. The molecule has 2 heterocycles. The molecule has 2 amide bonds. The van der Waals surface area contributed by atoms with E-state index >= 15 is 0 Å². The highest BCUT2D eigenvalue weighted by Crippen LogP contribution is 2.25. The molecule has 2 unspecified atom stereocenters. The molecule has 0 aliphatic carbocycles. The van der Waals surface area contributed by atoms with E-state index < -0.39 is 5.97 Å². The summed E-state index contributed by atoms with van der Waals surface area (Å²) in [5.41, 5.74) is 0. The minimum atomic E-state index is -0.859. The van der Waals surface area contributed by atoms with Gasteiger partial charge in [-0.05, 0) is 40.2 Å². The summed E-state index contributed by atoms with van der Waals surface area (Å²) in [6, 6.07) is 0.688. The van der Waals surface area contributed by atoms with Crippen molar-refractivity contribution in [2.45, 2.75) is 58.2 Å². The summed E-state index contributed by atoms with van der Waals surface area (Å²) in [5, 5.41) is 8.85. The Hall–Kier alpha value is -1.30. The van der Waals surface area contributed by atoms with Gasteiger partial charge >= 0.3 is 12.0 Å². The van der Waals surface area contributed by atoms with Gasteiger partial charge in [0, 0.05) is 37.8 Å². The number of aliphatic carboxylic acids is 1. The topological polar surface area (TPSA) is 64.1 Å². The van der Waals surface area contributed by atoms with E-state index in [4.69, 9.17) is 5.11 Å². The van der Waals surface area contributed by atoms with Crippen molar-refractivity contribution in [3.8, 4) is 0 Å². The van der Waals surface area contributed by atoms with E-state index in [-0.39, 0.29) is 31.1 Å². The molecule has 2 atom stereocenters. The largest absolute Gasteiger partial charge is 0.481 e. The Morgan fingerprint density at radius 3 is 2.67 bits per heavy atom. The first-order chi connectivity index (χ1) is 9.90. The third kappa shape index (κ3) is 3.67. The summed E-state index contributed by atoms with van der Waals surface area (Å²) in [5.74, 6) is -0.859. The maximum Gasteiger partial charge on any atom is 0.320 e. The summed E-state index contributed by atoms with van der Waals surface area (Å²) >= 11 is 0. The lowest BCUT2D eigenvalue weighted by atomic mass is 10.1. The Kier molecular flexibility index (Phi) is 5.08. The van der Waals surface area contributed by atoms with Crippen LogP contribution in [0.25, 0.3) is 0 Å². The molecule has 2 saturated heterocycles. The number of piperazine rings is 1. The van der Waals surface area contributed by atoms with Crippen molar-refractivity contribution in [2.24, 2.45) is 0 Å². The van der Waals surface area contributed by atoms with Crippen LogP contribution in [0, 0.1) is 0 Å². The molecule has 0 aromatic heterocycles. The zero-order valence-electron chi connectivity index (χ0n) is 13.3. The first-order valence-corrected chi connectivity index (χ1v) is 7.93. The second kappa shape index (κ2) is 6.64. The van der Waals surface area contributed by atoms with Crippen LogP contribution in [0.4, 0.5) is 4.79 Å². The first-order valence-electron chi connectivity index (χ1n) is 7.93. The summed E-state index contributed by atoms with van der Waals surface area (Å²) in [6.07, 6.45) is 2.38. The molecule has 120 valence electrons. The molecular weight excluding hydrogens is 270 g/mol. The van der Waals surface area contributed by atoms with Gasteiger partial charge in [0.15, 0.2) is 0 Å². The molecule has 2 aliphatic rings. The summed E-state index contributed by atoms with van der Waals surface area (Å²) in [7, 11) is 0. The predicted molar refractivity (Wildman–Crippen MR) is 80.3 cm³/mol. The molecule has 6 nitrogen and oxygen atoms in total. The Balaban J connectivity index is 2.03. The van der Waals surface area contributed by atoms with Gasteiger partial charge in [-0.1, -0.05) is 0 Å². The average molecular weight is 297 g/mol. The fourth-order valence-corrected chi connectivity index (χ4v) is 3.41. The van der Waals surface area contributed by atoms with Gasteiger partial charge < -0.3 is 14.9 Å². The van der Waals surface area contributed by atoms with Gasteiger partial charge in [0.05, 0.1) is 6.42 Å². The van der Waals surface area contributed by atoms with Crippen LogP contribution in [-0.4, -0.2) is 76.1 Å². The van der Waals surface area contributed by atoms with Crippen LogP contribution in [-0.2, 0) is 4.79 Å². The molecule has 0 spiro atoms. The smallest absolute Gasteiger partial charge is 0.320 e. The highest BCUT2D eigenvalue weighted by Gasteiger charge is 2.38. The van der Waals surface area contributed by atoms with Crippen molar-refractivity contribution < 1.29 is 14.7 Å². The van der Waals surface area contributed by atoms with Crippen molar-refractivity contribution in [3.63, 3.8) is 0 Å². The van der Waals surface area contributed by atoms with Gasteiger partial charge in [0.1, 0.15) is 0 Å².